The minimum atomic E-state index is -0.391. The number of pyridine rings is 1. The number of imidazole rings is 1. The molecule has 0 fully saturated rings. The Morgan fingerprint density at radius 2 is 1.74 bits per heavy atom. The summed E-state index contributed by atoms with van der Waals surface area (Å²) in [4.78, 5) is 21.7. The van der Waals surface area contributed by atoms with Gasteiger partial charge >= 0.3 is 0 Å². The minimum Gasteiger partial charge on any atom is -0.322 e. The molecule has 0 saturated carbocycles. The predicted molar refractivity (Wildman–Crippen MR) is 144 cm³/mol. The molecule has 34 heavy (non-hydrogen) atoms. The molecule has 0 radical (unpaired) electrons. The van der Waals surface area contributed by atoms with Crippen molar-refractivity contribution in [2.75, 3.05) is 10.7 Å². The van der Waals surface area contributed by atoms with E-state index >= 15 is 0 Å². The van der Waals surface area contributed by atoms with Gasteiger partial charge in [-0.3, -0.25) is 10.2 Å². The first-order valence-electron chi connectivity index (χ1n) is 9.85. The number of anilines is 2. The number of nitrogens with zero attached hydrogens (tertiary/aromatic N) is 4. The van der Waals surface area contributed by atoms with Gasteiger partial charge in [0.15, 0.2) is 0 Å². The van der Waals surface area contributed by atoms with E-state index in [1.165, 1.54) is 0 Å². The van der Waals surface area contributed by atoms with Crippen LogP contribution < -0.4 is 10.7 Å². The van der Waals surface area contributed by atoms with Crippen molar-refractivity contribution < 1.29 is 4.79 Å². The second-order valence-electron chi connectivity index (χ2n) is 7.14. The first kappa shape index (κ1) is 27.4. The summed E-state index contributed by atoms with van der Waals surface area (Å²) in [5, 5.41) is 7.87. The highest BCUT2D eigenvalue weighted by Gasteiger charge is 2.18. The van der Waals surface area contributed by atoms with Crippen molar-refractivity contribution in [3.63, 3.8) is 0 Å². The molecule has 0 atom stereocenters. The number of fused-ring (bicyclic) bond motifs is 1. The van der Waals surface area contributed by atoms with Crippen molar-refractivity contribution >= 4 is 82.2 Å². The minimum absolute atomic E-state index is 0. The highest BCUT2D eigenvalue weighted by atomic mass is 35.5. The molecule has 0 bridgehead atoms. The van der Waals surface area contributed by atoms with Gasteiger partial charge in [0.2, 0.25) is 0 Å². The Labute approximate surface area is 219 Å². The van der Waals surface area contributed by atoms with Gasteiger partial charge in [0.05, 0.1) is 39.1 Å². The number of rotatable bonds is 6. The van der Waals surface area contributed by atoms with Crippen molar-refractivity contribution in [3.05, 3.63) is 82.2 Å². The van der Waals surface area contributed by atoms with Gasteiger partial charge in [-0.05, 0) is 50.2 Å². The summed E-state index contributed by atoms with van der Waals surface area (Å²) < 4.78 is 2.03. The van der Waals surface area contributed by atoms with E-state index in [1.54, 1.807) is 30.5 Å². The van der Waals surface area contributed by atoms with Crippen LogP contribution in [0.4, 0.5) is 11.5 Å². The number of nitrogens with one attached hydrogen (secondary N) is 2. The van der Waals surface area contributed by atoms with Crippen LogP contribution >= 0.6 is 48.0 Å². The maximum atomic E-state index is 12.8. The fraction of sp³-hybridized carbons (Fsp3) is 0.130. The molecule has 0 unspecified atom stereocenters. The van der Waals surface area contributed by atoms with E-state index in [4.69, 9.17) is 23.2 Å². The Balaban J connectivity index is 0.00000204. The third kappa shape index (κ3) is 5.98. The van der Waals surface area contributed by atoms with Crippen LogP contribution in [0, 0.1) is 6.92 Å². The SMILES string of the molecule is CC(Cn1c(C)nc2c(NC(=O)c3c(Cl)cccc3Cl)cccc21)=NNc1ccccn1.Cl.Cl. The Kier molecular flexibility index (Phi) is 9.70. The quantitative estimate of drug-likeness (QED) is 0.213. The topological polar surface area (TPSA) is 84.2 Å². The number of hydrogen-bond acceptors (Lipinski definition) is 5. The fourth-order valence-corrected chi connectivity index (χ4v) is 3.88. The van der Waals surface area contributed by atoms with Gasteiger partial charge in [-0.1, -0.05) is 41.4 Å². The summed E-state index contributed by atoms with van der Waals surface area (Å²) in [7, 11) is 0. The van der Waals surface area contributed by atoms with E-state index in [1.807, 2.05) is 48.7 Å². The molecule has 2 aromatic carbocycles. The lowest BCUT2D eigenvalue weighted by Gasteiger charge is -2.10. The van der Waals surface area contributed by atoms with Crippen LogP contribution in [0.15, 0.2) is 65.9 Å². The van der Waals surface area contributed by atoms with Crippen LogP contribution in [0.2, 0.25) is 10.0 Å². The maximum Gasteiger partial charge on any atom is 0.258 e. The number of aryl methyl sites for hydroxylation is 1. The molecule has 178 valence electrons. The Hall–Kier alpha value is -2.84. The average molecular weight is 540 g/mol. The van der Waals surface area contributed by atoms with Crippen molar-refractivity contribution in [2.45, 2.75) is 20.4 Å². The third-order valence-electron chi connectivity index (χ3n) is 4.82. The van der Waals surface area contributed by atoms with Gasteiger partial charge in [0.1, 0.15) is 17.2 Å². The number of para-hydroxylation sites is 1. The molecule has 2 aromatic heterocycles. The number of carbonyl (C=O) groups excluding carboxylic acids is 1. The smallest absolute Gasteiger partial charge is 0.258 e. The Morgan fingerprint density at radius 3 is 2.41 bits per heavy atom. The second kappa shape index (κ2) is 12.0. The number of hydrazone groups is 1. The van der Waals surface area contributed by atoms with E-state index in [9.17, 15) is 4.79 Å². The molecule has 0 spiro atoms. The van der Waals surface area contributed by atoms with Crippen molar-refractivity contribution in [3.8, 4) is 0 Å². The Bertz CT molecular complexity index is 1300. The first-order valence-corrected chi connectivity index (χ1v) is 10.6. The molecular weight excluding hydrogens is 518 g/mol. The van der Waals surface area contributed by atoms with Crippen LogP contribution in [0.3, 0.4) is 0 Å². The molecule has 1 amide bonds. The lowest BCUT2D eigenvalue weighted by Crippen LogP contribution is -2.13. The van der Waals surface area contributed by atoms with Crippen LogP contribution in [0.5, 0.6) is 0 Å². The molecule has 11 heteroatoms. The molecule has 7 nitrogen and oxygen atoms in total. The summed E-state index contributed by atoms with van der Waals surface area (Å²) in [6.07, 6.45) is 1.70. The summed E-state index contributed by atoms with van der Waals surface area (Å²) in [5.74, 6) is 1.07. The molecule has 0 aliphatic carbocycles. The zero-order valence-electron chi connectivity index (χ0n) is 18.3. The van der Waals surface area contributed by atoms with E-state index in [0.717, 1.165) is 17.1 Å². The van der Waals surface area contributed by atoms with E-state index in [-0.39, 0.29) is 40.4 Å². The fourth-order valence-electron chi connectivity index (χ4n) is 3.31. The number of carbonyl (C=O) groups is 1. The highest BCUT2D eigenvalue weighted by molar-refractivity contribution is 6.40. The van der Waals surface area contributed by atoms with Crippen molar-refractivity contribution in [1.29, 1.82) is 0 Å². The van der Waals surface area contributed by atoms with Crippen LogP contribution in [0.25, 0.3) is 11.0 Å². The maximum absolute atomic E-state index is 12.8. The highest BCUT2D eigenvalue weighted by Crippen LogP contribution is 2.28. The lowest BCUT2D eigenvalue weighted by molar-refractivity contribution is 0.102. The van der Waals surface area contributed by atoms with Gasteiger partial charge in [-0.2, -0.15) is 5.10 Å². The summed E-state index contributed by atoms with van der Waals surface area (Å²) >= 11 is 12.4. The number of amides is 1. The molecular formula is C23H22Cl4N6O. The van der Waals surface area contributed by atoms with E-state index in [0.29, 0.717) is 23.6 Å². The Morgan fingerprint density at radius 1 is 1.03 bits per heavy atom. The molecule has 4 rings (SSSR count). The van der Waals surface area contributed by atoms with E-state index in [2.05, 4.69) is 25.8 Å². The number of hydrogen-bond donors (Lipinski definition) is 2. The first-order chi connectivity index (χ1) is 15.4. The van der Waals surface area contributed by atoms with Crippen LogP contribution in [-0.4, -0.2) is 26.2 Å². The summed E-state index contributed by atoms with van der Waals surface area (Å²) in [6, 6.07) is 16.1. The summed E-state index contributed by atoms with van der Waals surface area (Å²) in [6.45, 7) is 4.36. The van der Waals surface area contributed by atoms with E-state index < -0.39 is 5.91 Å². The van der Waals surface area contributed by atoms with Crippen LogP contribution in [0.1, 0.15) is 23.1 Å². The molecule has 0 saturated heterocycles. The van der Waals surface area contributed by atoms with Crippen molar-refractivity contribution in [2.24, 2.45) is 5.10 Å². The second-order valence-corrected chi connectivity index (χ2v) is 7.96. The number of benzene rings is 2. The molecule has 2 N–H and O–H groups in total. The standard InChI is InChI=1S/C23H20Cl2N6O.2ClH/c1-14(29-30-20-11-3-4-12-26-20)13-31-15(2)27-22-18(9-6-10-19(22)31)28-23(32)21-16(24)7-5-8-17(21)25;;/h3-12H,13H2,1-2H3,(H,26,30)(H,28,32);2*1H. The van der Waals surface area contributed by atoms with Gasteiger partial charge in [0.25, 0.3) is 5.91 Å². The largest absolute Gasteiger partial charge is 0.322 e. The molecule has 2 heterocycles. The van der Waals surface area contributed by atoms with Gasteiger partial charge in [-0.15, -0.1) is 24.8 Å². The van der Waals surface area contributed by atoms with Gasteiger partial charge < -0.3 is 9.88 Å². The number of aromatic nitrogens is 3. The third-order valence-corrected chi connectivity index (χ3v) is 5.45. The molecule has 0 aliphatic heterocycles. The molecule has 4 aromatic rings. The average Bonchev–Trinajstić information content (AvgIpc) is 3.09. The zero-order chi connectivity index (χ0) is 22.7. The zero-order valence-corrected chi connectivity index (χ0v) is 21.4. The lowest BCUT2D eigenvalue weighted by atomic mass is 10.2. The van der Waals surface area contributed by atoms with Crippen LogP contribution in [-0.2, 0) is 6.54 Å². The number of halogens is 4. The summed E-state index contributed by atoms with van der Waals surface area (Å²) in [5.41, 5.74) is 6.15. The van der Waals surface area contributed by atoms with Gasteiger partial charge in [-0.25, -0.2) is 9.97 Å². The van der Waals surface area contributed by atoms with Gasteiger partial charge in [0, 0.05) is 6.20 Å². The normalized spacial score (nSPS) is 10.9. The monoisotopic (exact) mass is 538 g/mol. The van der Waals surface area contributed by atoms with Crippen molar-refractivity contribution in [1.82, 2.24) is 14.5 Å². The predicted octanol–water partition coefficient (Wildman–Crippen LogP) is 6.63. The molecule has 0 aliphatic rings.